The summed E-state index contributed by atoms with van der Waals surface area (Å²) in [4.78, 5) is 12.7. The Morgan fingerprint density at radius 3 is 1.10 bits per heavy atom. The molecule has 0 atom stereocenters. The van der Waals surface area contributed by atoms with Gasteiger partial charge in [-0.05, 0) is 33.3 Å². The van der Waals surface area contributed by atoms with Gasteiger partial charge in [0.25, 0.3) is 22.8 Å². The van der Waals surface area contributed by atoms with Gasteiger partial charge >= 0.3 is 0 Å². The van der Waals surface area contributed by atoms with Gasteiger partial charge in [-0.2, -0.15) is 0 Å². The summed E-state index contributed by atoms with van der Waals surface area (Å²) >= 11 is 0. The maximum absolute atomic E-state index is 9.00. The molecule has 0 aromatic heterocycles. The van der Waals surface area contributed by atoms with Crippen molar-refractivity contribution < 1.29 is 9.47 Å². The number of hydrogen-bond acceptors (Lipinski definition) is 6. The molecule has 0 unspecified atom stereocenters. The summed E-state index contributed by atoms with van der Waals surface area (Å²) in [6, 6.07) is 20.4. The van der Waals surface area contributed by atoms with Crippen LogP contribution in [0.1, 0.15) is 0 Å². The summed E-state index contributed by atoms with van der Waals surface area (Å²) in [6.07, 6.45) is 0. The van der Waals surface area contributed by atoms with E-state index in [2.05, 4.69) is 19.4 Å². The predicted octanol–water partition coefficient (Wildman–Crippen LogP) is 2.75. The number of nitriles is 4. The van der Waals surface area contributed by atoms with E-state index in [1.54, 1.807) is 48.5 Å². The summed E-state index contributed by atoms with van der Waals surface area (Å²) in [5.41, 5.74) is -0.329. The molecule has 0 radical (unpaired) electrons. The Morgan fingerprint density at radius 2 is 0.850 bits per heavy atom. The number of fused-ring (bicyclic) bond motifs is 1. The quantitative estimate of drug-likeness (QED) is 0.480. The Balaban J connectivity index is 0.000000280. The molecule has 0 N–H and O–H groups in total. The first-order chi connectivity index (χ1) is 19.4. The highest BCUT2D eigenvalue weighted by Gasteiger charge is 2.10. The number of benzene rings is 3. The lowest BCUT2D eigenvalue weighted by Gasteiger charge is -2.07. The van der Waals surface area contributed by atoms with Gasteiger partial charge in [0.05, 0.1) is 64.8 Å². The van der Waals surface area contributed by atoms with Crippen LogP contribution in [0, 0.1) is 71.6 Å². The number of hydrogen-bond donors (Lipinski definition) is 0. The molecule has 0 amide bonds. The molecule has 3 aromatic rings. The zero-order chi connectivity index (χ0) is 29.7. The number of ether oxygens (including phenoxy) is 2. The lowest BCUT2D eigenvalue weighted by Crippen LogP contribution is -2.18. The van der Waals surface area contributed by atoms with Gasteiger partial charge in [0.15, 0.2) is 0 Å². The molecule has 0 saturated carbocycles. The van der Waals surface area contributed by atoms with Crippen LogP contribution >= 0.6 is 0 Å². The van der Waals surface area contributed by atoms with Crippen molar-refractivity contribution in [2.24, 2.45) is 0 Å². The van der Waals surface area contributed by atoms with E-state index in [0.717, 1.165) is 0 Å². The fourth-order valence-electron chi connectivity index (χ4n) is 3.56. The van der Waals surface area contributed by atoms with Gasteiger partial charge in [0.2, 0.25) is 0 Å². The van der Waals surface area contributed by atoms with Gasteiger partial charge in [-0.1, -0.05) is 36.4 Å². The van der Waals surface area contributed by atoms with Crippen LogP contribution in [0.3, 0.4) is 0 Å². The van der Waals surface area contributed by atoms with Crippen molar-refractivity contribution in [1.82, 2.24) is 0 Å². The molecule has 0 heterocycles. The van der Waals surface area contributed by atoms with E-state index in [1.165, 1.54) is 26.4 Å². The molecule has 0 fully saturated rings. The second kappa shape index (κ2) is 13.9. The number of methoxy groups -OCH3 is 2. The Bertz CT molecular complexity index is 1910. The van der Waals surface area contributed by atoms with Gasteiger partial charge in [0, 0.05) is 10.4 Å². The van der Waals surface area contributed by atoms with Crippen molar-refractivity contribution in [2.75, 3.05) is 14.2 Å². The molecule has 0 saturated heterocycles. The largest absolute Gasteiger partial charge is 0.497 e. The van der Waals surface area contributed by atoms with E-state index >= 15 is 0 Å². The van der Waals surface area contributed by atoms with Crippen molar-refractivity contribution in [3.63, 3.8) is 0 Å². The van der Waals surface area contributed by atoms with E-state index in [-0.39, 0.29) is 44.7 Å². The number of nitrogens with zero attached hydrogens (tertiary/aromatic N) is 8. The third-order valence-electron chi connectivity index (χ3n) is 5.34. The van der Waals surface area contributed by atoms with Gasteiger partial charge in [-0.3, -0.25) is 0 Å². The average molecular weight is 518 g/mol. The minimum absolute atomic E-state index is 0.00549. The maximum atomic E-state index is 9.00. The highest BCUT2D eigenvalue weighted by atomic mass is 16.5. The third-order valence-corrected chi connectivity index (χ3v) is 5.34. The van der Waals surface area contributed by atoms with Crippen molar-refractivity contribution in [2.45, 2.75) is 0 Å². The molecule has 0 aliphatic heterocycles. The summed E-state index contributed by atoms with van der Waals surface area (Å²) in [5, 5.41) is 38.8. The van der Waals surface area contributed by atoms with Crippen LogP contribution in [0.4, 0.5) is 0 Å². The molecule has 40 heavy (non-hydrogen) atoms. The highest BCUT2D eigenvalue weighted by Crippen LogP contribution is 2.11. The number of rotatable bonds is 2. The molecular formula is C30H14N8O2. The Kier molecular flexibility index (Phi) is 10.1. The highest BCUT2D eigenvalue weighted by molar-refractivity contribution is 5.90. The lowest BCUT2D eigenvalue weighted by molar-refractivity contribution is 0.397. The topological polar surface area (TPSA) is 131 Å². The van der Waals surface area contributed by atoms with E-state index in [9.17, 15) is 0 Å². The fraction of sp³-hybridized carbons (Fsp3) is 0.0667. The van der Waals surface area contributed by atoms with Crippen LogP contribution in [0.25, 0.3) is 52.9 Å². The molecule has 3 aromatic carbocycles. The summed E-state index contributed by atoms with van der Waals surface area (Å²) in [7, 11) is 2.75. The minimum atomic E-state index is -0.159. The van der Waals surface area contributed by atoms with Gasteiger partial charge in [0.1, 0.15) is 11.5 Å². The second-order valence-corrected chi connectivity index (χ2v) is 7.25. The van der Waals surface area contributed by atoms with Crippen molar-refractivity contribution in [1.29, 1.82) is 21.0 Å². The summed E-state index contributed by atoms with van der Waals surface area (Å²) in [5.74, 6) is 0.453. The van der Waals surface area contributed by atoms with Crippen LogP contribution in [0.15, 0.2) is 48.5 Å². The lowest BCUT2D eigenvalue weighted by atomic mass is 10.0. The van der Waals surface area contributed by atoms with Crippen molar-refractivity contribution in [3.8, 4) is 35.8 Å². The third kappa shape index (κ3) is 5.83. The Morgan fingerprint density at radius 1 is 0.550 bits per heavy atom. The second-order valence-electron chi connectivity index (χ2n) is 7.25. The zero-order valence-corrected chi connectivity index (χ0v) is 21.0. The van der Waals surface area contributed by atoms with Crippen LogP contribution in [-0.4, -0.2) is 14.2 Å². The van der Waals surface area contributed by atoms with Crippen LogP contribution < -0.4 is 30.3 Å². The first-order valence-electron chi connectivity index (χ1n) is 10.8. The maximum Gasteiger partial charge on any atom is 0.272 e. The molecule has 0 aliphatic carbocycles. The summed E-state index contributed by atoms with van der Waals surface area (Å²) < 4.78 is 10.2. The van der Waals surface area contributed by atoms with E-state index in [4.69, 9.17) is 56.8 Å². The SMILES string of the molecule is [C-]#[N+]/C(C#N)=c1/cc(OC)/c(=C(\C#N)[N+]#[C-])cc1OC.[C-]#[N+]/C(C#N)=c1\cc/c(=C(/C#N)[N+]#[C-])c2ccccc12. The Labute approximate surface area is 229 Å². The van der Waals surface area contributed by atoms with Crippen LogP contribution in [0.2, 0.25) is 0 Å². The van der Waals surface area contributed by atoms with Gasteiger partial charge in [-0.25, -0.2) is 40.4 Å². The molecule has 0 bridgehead atoms. The molecule has 10 nitrogen and oxygen atoms in total. The fourth-order valence-corrected chi connectivity index (χ4v) is 3.56. The first kappa shape index (κ1) is 29.2. The van der Waals surface area contributed by atoms with Crippen molar-refractivity contribution in [3.05, 3.63) is 115 Å². The summed E-state index contributed by atoms with van der Waals surface area (Å²) in [6.45, 7) is 28.0. The molecule has 0 spiro atoms. The Hall–Kier alpha value is -7.08. The monoisotopic (exact) mass is 518 g/mol. The molecular weight excluding hydrogens is 504 g/mol. The van der Waals surface area contributed by atoms with Gasteiger partial charge < -0.3 is 9.47 Å². The van der Waals surface area contributed by atoms with Crippen LogP contribution in [0.5, 0.6) is 11.5 Å². The predicted molar refractivity (Wildman–Crippen MR) is 144 cm³/mol. The van der Waals surface area contributed by atoms with E-state index < -0.39 is 0 Å². The molecule has 186 valence electrons. The van der Waals surface area contributed by atoms with Gasteiger partial charge in [-0.15, -0.1) is 0 Å². The van der Waals surface area contributed by atoms with E-state index in [1.807, 2.05) is 12.1 Å². The van der Waals surface area contributed by atoms with E-state index in [0.29, 0.717) is 21.2 Å². The van der Waals surface area contributed by atoms with Crippen molar-refractivity contribution >= 4 is 33.6 Å². The molecule has 0 aliphatic rings. The average Bonchev–Trinajstić information content (AvgIpc) is 3.00. The zero-order valence-electron chi connectivity index (χ0n) is 21.0. The first-order valence-corrected chi connectivity index (χ1v) is 10.8. The smallest absolute Gasteiger partial charge is 0.272 e. The van der Waals surface area contributed by atoms with Crippen LogP contribution in [-0.2, 0) is 0 Å². The standard InChI is InChI=1S/C16H6N4.C14H8N4O2/c1-19-15(9-17)13-7-8-14(16(10-18)20-2)12-6-4-3-5-11(12)13;1-17-11(7-15)9-5-14(20-4)10(6-13(9)19-3)12(8-16)18-2/h3-8H;5-6H,3-4H3/b15-13+,16-14+;11-9-,12-10+. The molecule has 10 heteroatoms. The minimum Gasteiger partial charge on any atom is -0.497 e. The normalized spacial score (nSPS) is 12.2. The molecule has 3 rings (SSSR count).